The van der Waals surface area contributed by atoms with E-state index in [0.29, 0.717) is 6.42 Å². The molecule has 1 aliphatic carbocycles. The molecule has 1 heterocycles. The standard InChI is InChI=1S/C27H32N2O6/c1-16(2)24(12-25(30)31)29-26(32)17-11-18(34-14-17)13-28-27(33)35-15-23-21-9-5-3-7-19(21)20-8-4-6-10-22(20)23/h3-10,16-18,23-24H,11-15H2,1-2H3,(H,28,33)(H,29,32)(H,30,31)/t17?,18?,24-/m1/s1. The quantitative estimate of drug-likeness (QED) is 0.506. The number of hydrogen-bond donors (Lipinski definition) is 3. The Hall–Kier alpha value is -3.39. The van der Waals surface area contributed by atoms with Gasteiger partial charge in [0.15, 0.2) is 0 Å². The maximum atomic E-state index is 12.6. The second kappa shape index (κ2) is 10.9. The molecular formula is C27H32N2O6. The zero-order valence-electron chi connectivity index (χ0n) is 20.0. The molecule has 2 amide bonds. The summed E-state index contributed by atoms with van der Waals surface area (Å²) in [4.78, 5) is 36.0. The van der Waals surface area contributed by atoms with Gasteiger partial charge in [-0.3, -0.25) is 9.59 Å². The van der Waals surface area contributed by atoms with Crippen molar-refractivity contribution in [3.63, 3.8) is 0 Å². The van der Waals surface area contributed by atoms with Crippen molar-refractivity contribution in [2.75, 3.05) is 19.8 Å². The van der Waals surface area contributed by atoms with E-state index < -0.39 is 18.1 Å². The van der Waals surface area contributed by atoms with Crippen LogP contribution in [0.15, 0.2) is 48.5 Å². The first-order chi connectivity index (χ1) is 16.8. The highest BCUT2D eigenvalue weighted by Gasteiger charge is 2.33. The molecule has 1 aliphatic heterocycles. The number of carboxylic acid groups (broad SMARTS) is 1. The minimum atomic E-state index is -0.947. The Morgan fingerprint density at radius 1 is 1.06 bits per heavy atom. The summed E-state index contributed by atoms with van der Waals surface area (Å²) < 4.78 is 11.2. The molecule has 2 unspecified atom stereocenters. The summed E-state index contributed by atoms with van der Waals surface area (Å²) >= 11 is 0. The molecule has 35 heavy (non-hydrogen) atoms. The Morgan fingerprint density at radius 2 is 1.69 bits per heavy atom. The average molecular weight is 481 g/mol. The van der Waals surface area contributed by atoms with Crippen LogP contribution in [0.4, 0.5) is 4.79 Å². The van der Waals surface area contributed by atoms with Crippen LogP contribution < -0.4 is 10.6 Å². The monoisotopic (exact) mass is 480 g/mol. The molecule has 1 fully saturated rings. The lowest BCUT2D eigenvalue weighted by Crippen LogP contribution is -2.43. The van der Waals surface area contributed by atoms with Crippen molar-refractivity contribution in [2.45, 2.75) is 44.8 Å². The number of amides is 2. The molecule has 0 spiro atoms. The molecule has 3 N–H and O–H groups in total. The van der Waals surface area contributed by atoms with E-state index in [1.54, 1.807) is 0 Å². The number of carbonyl (C=O) groups excluding carboxylic acids is 2. The van der Waals surface area contributed by atoms with E-state index in [2.05, 4.69) is 34.9 Å². The van der Waals surface area contributed by atoms with E-state index in [1.807, 2.05) is 38.1 Å². The van der Waals surface area contributed by atoms with Crippen LogP contribution in [0.25, 0.3) is 11.1 Å². The molecule has 2 aliphatic rings. The van der Waals surface area contributed by atoms with Crippen LogP contribution in [-0.2, 0) is 19.1 Å². The Morgan fingerprint density at radius 3 is 2.29 bits per heavy atom. The van der Waals surface area contributed by atoms with Gasteiger partial charge in [-0.1, -0.05) is 62.4 Å². The van der Waals surface area contributed by atoms with Crippen molar-refractivity contribution < 1.29 is 29.0 Å². The Labute approximate surface area is 205 Å². The van der Waals surface area contributed by atoms with Gasteiger partial charge in [0, 0.05) is 18.5 Å². The molecule has 3 atom stereocenters. The number of hydrogen-bond acceptors (Lipinski definition) is 5. The molecule has 8 nitrogen and oxygen atoms in total. The van der Waals surface area contributed by atoms with Crippen LogP contribution in [-0.4, -0.2) is 55.0 Å². The van der Waals surface area contributed by atoms with E-state index >= 15 is 0 Å². The Bertz CT molecular complexity index is 1040. The topological polar surface area (TPSA) is 114 Å². The van der Waals surface area contributed by atoms with Gasteiger partial charge in [-0.15, -0.1) is 0 Å². The zero-order chi connectivity index (χ0) is 24.9. The predicted octanol–water partition coefficient (Wildman–Crippen LogP) is 3.55. The largest absolute Gasteiger partial charge is 0.481 e. The van der Waals surface area contributed by atoms with Gasteiger partial charge in [0.2, 0.25) is 5.91 Å². The lowest BCUT2D eigenvalue weighted by Gasteiger charge is -2.22. The van der Waals surface area contributed by atoms with Crippen LogP contribution >= 0.6 is 0 Å². The fraction of sp³-hybridized carbons (Fsp3) is 0.444. The molecule has 4 rings (SSSR count). The summed E-state index contributed by atoms with van der Waals surface area (Å²) in [6.45, 7) is 4.46. The normalized spacial score (nSPS) is 19.6. The SMILES string of the molecule is CC(C)[C@@H](CC(=O)O)NC(=O)C1COC(CNC(=O)OCC2c3ccccc3-c3ccccc32)C1. The van der Waals surface area contributed by atoms with Crippen molar-refractivity contribution >= 4 is 18.0 Å². The van der Waals surface area contributed by atoms with Gasteiger partial charge in [0.1, 0.15) is 6.61 Å². The maximum Gasteiger partial charge on any atom is 0.407 e. The van der Waals surface area contributed by atoms with E-state index in [4.69, 9.17) is 14.6 Å². The van der Waals surface area contributed by atoms with Crippen molar-refractivity contribution in [1.82, 2.24) is 10.6 Å². The van der Waals surface area contributed by atoms with Gasteiger partial charge in [0.05, 0.1) is 25.0 Å². The van der Waals surface area contributed by atoms with Crippen molar-refractivity contribution in [3.8, 4) is 11.1 Å². The number of fused-ring (bicyclic) bond motifs is 3. The molecular weight excluding hydrogens is 448 g/mol. The van der Waals surface area contributed by atoms with Crippen LogP contribution in [0, 0.1) is 11.8 Å². The summed E-state index contributed by atoms with van der Waals surface area (Å²) in [5.74, 6) is -1.54. The van der Waals surface area contributed by atoms with Gasteiger partial charge >= 0.3 is 12.1 Å². The number of alkyl carbamates (subject to hydrolysis) is 1. The summed E-state index contributed by atoms with van der Waals surface area (Å²) in [6.07, 6.45) is -0.496. The van der Waals surface area contributed by atoms with Crippen molar-refractivity contribution in [1.29, 1.82) is 0 Å². The van der Waals surface area contributed by atoms with E-state index in [9.17, 15) is 14.4 Å². The summed E-state index contributed by atoms with van der Waals surface area (Å²) in [5.41, 5.74) is 4.64. The maximum absolute atomic E-state index is 12.6. The first-order valence-corrected chi connectivity index (χ1v) is 12.1. The number of rotatable bonds is 9. The Balaban J connectivity index is 1.24. The van der Waals surface area contributed by atoms with E-state index in [0.717, 1.165) is 11.1 Å². The summed E-state index contributed by atoms with van der Waals surface area (Å²) in [7, 11) is 0. The minimum absolute atomic E-state index is 0.00315. The number of ether oxygens (including phenoxy) is 2. The van der Waals surface area contributed by atoms with Crippen LogP contribution in [0.3, 0.4) is 0 Å². The molecule has 8 heteroatoms. The number of carbonyl (C=O) groups is 3. The molecule has 0 bridgehead atoms. The first kappa shape index (κ1) is 24.7. The minimum Gasteiger partial charge on any atom is -0.481 e. The summed E-state index contributed by atoms with van der Waals surface area (Å²) in [6, 6.07) is 15.9. The second-order valence-electron chi connectivity index (χ2n) is 9.55. The molecule has 186 valence electrons. The lowest BCUT2D eigenvalue weighted by atomic mass is 9.98. The number of nitrogens with one attached hydrogen (secondary N) is 2. The number of aliphatic carboxylic acids is 1. The second-order valence-corrected chi connectivity index (χ2v) is 9.55. The highest BCUT2D eigenvalue weighted by molar-refractivity contribution is 5.80. The molecule has 0 aromatic heterocycles. The molecule has 1 saturated heterocycles. The third-order valence-corrected chi connectivity index (χ3v) is 6.80. The van der Waals surface area contributed by atoms with Crippen LogP contribution in [0.5, 0.6) is 0 Å². The third kappa shape index (κ3) is 5.82. The number of carboxylic acids is 1. The fourth-order valence-corrected chi connectivity index (χ4v) is 4.82. The molecule has 0 radical (unpaired) electrons. The van der Waals surface area contributed by atoms with Crippen LogP contribution in [0.1, 0.15) is 43.7 Å². The van der Waals surface area contributed by atoms with Gasteiger partial charge in [-0.25, -0.2) is 4.79 Å². The van der Waals surface area contributed by atoms with E-state index in [-0.39, 0.29) is 55.9 Å². The molecule has 2 aromatic carbocycles. The average Bonchev–Trinajstić information content (AvgIpc) is 3.44. The molecule has 0 saturated carbocycles. The third-order valence-electron chi connectivity index (χ3n) is 6.80. The van der Waals surface area contributed by atoms with Crippen molar-refractivity contribution in [2.24, 2.45) is 11.8 Å². The van der Waals surface area contributed by atoms with Gasteiger partial charge in [-0.05, 0) is 34.6 Å². The van der Waals surface area contributed by atoms with E-state index in [1.165, 1.54) is 11.1 Å². The summed E-state index contributed by atoms with van der Waals surface area (Å²) in [5, 5.41) is 14.6. The van der Waals surface area contributed by atoms with Crippen LogP contribution in [0.2, 0.25) is 0 Å². The smallest absolute Gasteiger partial charge is 0.407 e. The fourth-order valence-electron chi connectivity index (χ4n) is 4.82. The predicted molar refractivity (Wildman–Crippen MR) is 130 cm³/mol. The highest BCUT2D eigenvalue weighted by Crippen LogP contribution is 2.44. The van der Waals surface area contributed by atoms with Crippen molar-refractivity contribution in [3.05, 3.63) is 59.7 Å². The lowest BCUT2D eigenvalue weighted by molar-refractivity contribution is -0.138. The highest BCUT2D eigenvalue weighted by atomic mass is 16.5. The zero-order valence-corrected chi connectivity index (χ0v) is 20.0. The first-order valence-electron chi connectivity index (χ1n) is 12.1. The van der Waals surface area contributed by atoms with Gasteiger partial charge < -0.3 is 25.2 Å². The van der Waals surface area contributed by atoms with Gasteiger partial charge in [0.25, 0.3) is 0 Å². The number of benzene rings is 2. The molecule has 2 aromatic rings. The Kier molecular flexibility index (Phi) is 7.70. The van der Waals surface area contributed by atoms with Gasteiger partial charge in [-0.2, -0.15) is 0 Å².